The first-order chi connectivity index (χ1) is 7.60. The van der Waals surface area contributed by atoms with Gasteiger partial charge in [-0.05, 0) is 31.0 Å². The van der Waals surface area contributed by atoms with Gasteiger partial charge in [0.05, 0.1) is 0 Å². The molecule has 0 bridgehead atoms. The molecule has 2 N–H and O–H groups in total. The third-order valence-electron chi connectivity index (χ3n) is 2.55. The lowest BCUT2D eigenvalue weighted by atomic mass is 10.1. The highest BCUT2D eigenvalue weighted by atomic mass is 32.1. The van der Waals surface area contributed by atoms with Gasteiger partial charge in [0.1, 0.15) is 0 Å². The van der Waals surface area contributed by atoms with Crippen LogP contribution in [-0.4, -0.2) is 17.7 Å². The molecule has 1 unspecified atom stereocenters. The van der Waals surface area contributed by atoms with Crippen LogP contribution in [0.2, 0.25) is 0 Å². The summed E-state index contributed by atoms with van der Waals surface area (Å²) in [5, 5.41) is 7.52. The van der Waals surface area contributed by atoms with Crippen LogP contribution in [0.5, 0.6) is 0 Å². The zero-order chi connectivity index (χ0) is 12.4. The second-order valence-electron chi connectivity index (χ2n) is 4.88. The highest BCUT2D eigenvalue weighted by Gasteiger charge is 2.08. The average molecular weight is 244 g/mol. The van der Waals surface area contributed by atoms with Crippen molar-refractivity contribution in [2.75, 3.05) is 6.54 Å². The topological polar surface area (TPSA) is 24.1 Å². The molecule has 3 heteroatoms. The lowest BCUT2D eigenvalue weighted by Crippen LogP contribution is -2.43. The van der Waals surface area contributed by atoms with Gasteiger partial charge in [0.15, 0.2) is 5.11 Å². The first-order valence-corrected chi connectivity index (χ1v) is 7.05. The van der Waals surface area contributed by atoms with Crippen LogP contribution in [0, 0.1) is 5.92 Å². The van der Waals surface area contributed by atoms with Crippen LogP contribution in [0.25, 0.3) is 0 Å². The van der Waals surface area contributed by atoms with Gasteiger partial charge in [-0.2, -0.15) is 0 Å². The fraction of sp³-hybridized carbons (Fsp3) is 0.923. The van der Waals surface area contributed by atoms with Crippen molar-refractivity contribution < 1.29 is 0 Å². The Morgan fingerprint density at radius 1 is 1.12 bits per heavy atom. The summed E-state index contributed by atoms with van der Waals surface area (Å²) >= 11 is 5.29. The lowest BCUT2D eigenvalue weighted by molar-refractivity contribution is 0.489. The minimum Gasteiger partial charge on any atom is -0.362 e. The molecule has 0 aromatic rings. The van der Waals surface area contributed by atoms with Crippen LogP contribution in [-0.2, 0) is 0 Å². The Morgan fingerprint density at radius 3 is 2.31 bits per heavy atom. The van der Waals surface area contributed by atoms with Gasteiger partial charge < -0.3 is 10.6 Å². The highest BCUT2D eigenvalue weighted by molar-refractivity contribution is 7.80. The summed E-state index contributed by atoms with van der Waals surface area (Å²) in [6, 6.07) is 0.553. The maximum Gasteiger partial charge on any atom is 0.166 e. The molecule has 0 spiro atoms. The smallest absolute Gasteiger partial charge is 0.166 e. The van der Waals surface area contributed by atoms with Crippen LogP contribution in [0.15, 0.2) is 0 Å². The molecule has 0 aliphatic carbocycles. The average Bonchev–Trinajstić information content (AvgIpc) is 2.23. The van der Waals surface area contributed by atoms with Crippen molar-refractivity contribution in [2.24, 2.45) is 5.92 Å². The lowest BCUT2D eigenvalue weighted by Gasteiger charge is -2.20. The van der Waals surface area contributed by atoms with E-state index in [0.29, 0.717) is 12.0 Å². The molecular weight excluding hydrogens is 216 g/mol. The third kappa shape index (κ3) is 8.96. The Labute approximate surface area is 107 Å². The van der Waals surface area contributed by atoms with Gasteiger partial charge in [0.25, 0.3) is 0 Å². The monoisotopic (exact) mass is 244 g/mol. The zero-order valence-electron chi connectivity index (χ0n) is 11.3. The number of thiocarbonyl (C=S) groups is 1. The van der Waals surface area contributed by atoms with Crippen LogP contribution >= 0.6 is 12.2 Å². The number of hydrogen-bond donors (Lipinski definition) is 2. The fourth-order valence-electron chi connectivity index (χ4n) is 1.62. The van der Waals surface area contributed by atoms with E-state index in [2.05, 4.69) is 38.3 Å². The SMILES string of the molecule is CCCCC(CCC)NC(=S)NCC(C)C. The molecule has 0 heterocycles. The van der Waals surface area contributed by atoms with E-state index in [1.165, 1.54) is 32.1 Å². The molecule has 2 nitrogen and oxygen atoms in total. The normalized spacial score (nSPS) is 12.6. The molecule has 0 aromatic heterocycles. The van der Waals surface area contributed by atoms with Crippen molar-refractivity contribution in [1.29, 1.82) is 0 Å². The van der Waals surface area contributed by atoms with E-state index in [4.69, 9.17) is 12.2 Å². The van der Waals surface area contributed by atoms with Crippen molar-refractivity contribution in [3.05, 3.63) is 0 Å². The largest absolute Gasteiger partial charge is 0.362 e. The van der Waals surface area contributed by atoms with Gasteiger partial charge in [0, 0.05) is 12.6 Å². The van der Waals surface area contributed by atoms with Gasteiger partial charge in [-0.25, -0.2) is 0 Å². The summed E-state index contributed by atoms with van der Waals surface area (Å²) in [7, 11) is 0. The summed E-state index contributed by atoms with van der Waals surface area (Å²) in [5.41, 5.74) is 0. The molecule has 1 atom stereocenters. The Kier molecular flexibility index (Phi) is 9.69. The van der Waals surface area contributed by atoms with E-state index in [1.807, 2.05) is 0 Å². The maximum atomic E-state index is 5.29. The van der Waals surface area contributed by atoms with Crippen LogP contribution in [0.3, 0.4) is 0 Å². The molecule has 0 radical (unpaired) electrons. The number of rotatable bonds is 8. The number of unbranched alkanes of at least 4 members (excludes halogenated alkanes) is 1. The van der Waals surface area contributed by atoms with E-state index in [1.54, 1.807) is 0 Å². The number of nitrogens with one attached hydrogen (secondary N) is 2. The number of hydrogen-bond acceptors (Lipinski definition) is 1. The predicted octanol–water partition coefficient (Wildman–Crippen LogP) is 3.47. The molecule has 0 aliphatic heterocycles. The van der Waals surface area contributed by atoms with Crippen molar-refractivity contribution in [3.63, 3.8) is 0 Å². The predicted molar refractivity (Wildman–Crippen MR) is 76.8 cm³/mol. The quantitative estimate of drug-likeness (QED) is 0.639. The van der Waals surface area contributed by atoms with Gasteiger partial charge in [-0.1, -0.05) is 47.0 Å². The van der Waals surface area contributed by atoms with Gasteiger partial charge in [-0.3, -0.25) is 0 Å². The summed E-state index contributed by atoms with van der Waals surface area (Å²) in [6.45, 7) is 9.80. The Bertz CT molecular complexity index is 181. The van der Waals surface area contributed by atoms with Crippen molar-refractivity contribution >= 4 is 17.3 Å². The van der Waals surface area contributed by atoms with E-state index >= 15 is 0 Å². The molecule has 0 saturated heterocycles. The second kappa shape index (κ2) is 9.88. The van der Waals surface area contributed by atoms with Crippen LogP contribution < -0.4 is 10.6 Å². The van der Waals surface area contributed by atoms with Gasteiger partial charge in [-0.15, -0.1) is 0 Å². The minimum atomic E-state index is 0.553. The van der Waals surface area contributed by atoms with Crippen LogP contribution in [0.4, 0.5) is 0 Å². The zero-order valence-corrected chi connectivity index (χ0v) is 12.1. The molecule has 16 heavy (non-hydrogen) atoms. The molecule has 0 aliphatic rings. The molecule has 0 fully saturated rings. The highest BCUT2D eigenvalue weighted by Crippen LogP contribution is 2.06. The molecule has 0 aromatic carbocycles. The first kappa shape index (κ1) is 15.7. The fourth-order valence-corrected chi connectivity index (χ4v) is 1.87. The van der Waals surface area contributed by atoms with E-state index < -0.39 is 0 Å². The Hall–Kier alpha value is -0.310. The van der Waals surface area contributed by atoms with E-state index in [0.717, 1.165) is 11.7 Å². The second-order valence-corrected chi connectivity index (χ2v) is 5.28. The maximum absolute atomic E-state index is 5.29. The minimum absolute atomic E-state index is 0.553. The molecule has 0 amide bonds. The van der Waals surface area contributed by atoms with Crippen LogP contribution in [0.1, 0.15) is 59.8 Å². The van der Waals surface area contributed by atoms with Crippen molar-refractivity contribution in [2.45, 2.75) is 65.8 Å². The summed E-state index contributed by atoms with van der Waals surface area (Å²) < 4.78 is 0. The first-order valence-electron chi connectivity index (χ1n) is 6.64. The van der Waals surface area contributed by atoms with Gasteiger partial charge in [0.2, 0.25) is 0 Å². The Morgan fingerprint density at radius 2 is 1.81 bits per heavy atom. The Balaban J connectivity index is 3.82. The summed E-state index contributed by atoms with van der Waals surface area (Å²) in [6.07, 6.45) is 6.20. The molecule has 0 rings (SSSR count). The van der Waals surface area contributed by atoms with Crippen molar-refractivity contribution in [3.8, 4) is 0 Å². The summed E-state index contributed by atoms with van der Waals surface area (Å²) in [5.74, 6) is 0.639. The van der Waals surface area contributed by atoms with Crippen molar-refractivity contribution in [1.82, 2.24) is 10.6 Å². The summed E-state index contributed by atoms with van der Waals surface area (Å²) in [4.78, 5) is 0. The molecule has 96 valence electrons. The standard InChI is InChI=1S/C13H28N2S/c1-5-7-9-12(8-6-2)15-13(16)14-10-11(3)4/h11-12H,5-10H2,1-4H3,(H2,14,15,16). The molecular formula is C13H28N2S. The van der Waals surface area contributed by atoms with E-state index in [-0.39, 0.29) is 0 Å². The van der Waals surface area contributed by atoms with E-state index in [9.17, 15) is 0 Å². The van der Waals surface area contributed by atoms with Gasteiger partial charge >= 0.3 is 0 Å². The third-order valence-corrected chi connectivity index (χ3v) is 2.81. The molecule has 0 saturated carbocycles.